The first-order valence-electron chi connectivity index (χ1n) is 9.36. The fraction of sp³-hybridized carbons (Fsp3) is 0.455. The van der Waals surface area contributed by atoms with Gasteiger partial charge in [0, 0.05) is 19.6 Å². The molecule has 1 heterocycles. The maximum atomic E-state index is 10.5. The molecule has 1 N–H and O–H groups in total. The van der Waals surface area contributed by atoms with E-state index in [1.54, 1.807) is 0 Å². The van der Waals surface area contributed by atoms with Crippen LogP contribution in [-0.4, -0.2) is 41.7 Å². The van der Waals surface area contributed by atoms with E-state index in [0.29, 0.717) is 19.7 Å². The van der Waals surface area contributed by atoms with Crippen LogP contribution in [0, 0.1) is 0 Å². The second-order valence-corrected chi connectivity index (χ2v) is 7.92. The van der Waals surface area contributed by atoms with Gasteiger partial charge in [-0.3, -0.25) is 4.90 Å². The molecular weight excluding hydrogens is 342 g/mol. The van der Waals surface area contributed by atoms with Crippen LogP contribution < -0.4 is 9.47 Å². The number of nitrogens with zero attached hydrogens (tertiary/aromatic N) is 1. The van der Waals surface area contributed by atoms with Gasteiger partial charge in [0.05, 0.1) is 18.3 Å². The van der Waals surface area contributed by atoms with Gasteiger partial charge in [-0.2, -0.15) is 0 Å². The zero-order valence-electron chi connectivity index (χ0n) is 16.4. The van der Waals surface area contributed by atoms with Crippen molar-refractivity contribution in [2.45, 2.75) is 45.6 Å². The molecule has 0 fully saturated rings. The van der Waals surface area contributed by atoms with Crippen molar-refractivity contribution in [1.82, 2.24) is 4.90 Å². The van der Waals surface area contributed by atoms with E-state index < -0.39 is 6.10 Å². The Kier molecular flexibility index (Phi) is 6.37. The van der Waals surface area contributed by atoms with Gasteiger partial charge < -0.3 is 19.3 Å². The number of benzene rings is 2. The highest BCUT2D eigenvalue weighted by Crippen LogP contribution is 2.33. The third-order valence-corrected chi connectivity index (χ3v) is 4.27. The number of ether oxygens (including phenoxy) is 3. The highest BCUT2D eigenvalue weighted by molar-refractivity contribution is 5.44. The zero-order valence-corrected chi connectivity index (χ0v) is 16.4. The lowest BCUT2D eigenvalue weighted by Crippen LogP contribution is -2.36. The molecule has 1 aliphatic rings. The van der Waals surface area contributed by atoms with Gasteiger partial charge in [-0.1, -0.05) is 36.4 Å². The molecule has 0 unspecified atom stereocenters. The molecule has 0 aliphatic carbocycles. The monoisotopic (exact) mass is 371 g/mol. The number of hydrogen-bond donors (Lipinski definition) is 1. The summed E-state index contributed by atoms with van der Waals surface area (Å²) in [5.74, 6) is 1.57. The molecule has 0 spiro atoms. The standard InChI is InChI=1S/C22H29NO4/c1-22(2,3)27-15-19(24)14-23(12-17-7-5-4-6-8-17)13-18-9-10-20-21(11-18)26-16-25-20/h4-11,19,24H,12-16H2,1-3H3/t19-/m0/s1. The first kappa shape index (κ1) is 19.7. The molecule has 0 bridgehead atoms. The van der Waals surface area contributed by atoms with Gasteiger partial charge in [0.25, 0.3) is 0 Å². The number of aliphatic hydroxyl groups excluding tert-OH is 1. The van der Waals surface area contributed by atoms with Crippen LogP contribution in [0.2, 0.25) is 0 Å². The molecule has 0 amide bonds. The van der Waals surface area contributed by atoms with E-state index in [1.165, 1.54) is 5.56 Å². The van der Waals surface area contributed by atoms with Gasteiger partial charge >= 0.3 is 0 Å². The van der Waals surface area contributed by atoms with Crippen LogP contribution in [0.15, 0.2) is 48.5 Å². The van der Waals surface area contributed by atoms with Crippen molar-refractivity contribution in [2.75, 3.05) is 19.9 Å². The fourth-order valence-corrected chi connectivity index (χ4v) is 3.02. The second-order valence-electron chi connectivity index (χ2n) is 7.92. The van der Waals surface area contributed by atoms with Crippen molar-refractivity contribution in [3.05, 3.63) is 59.7 Å². The third kappa shape index (κ3) is 6.24. The average Bonchev–Trinajstić information content (AvgIpc) is 3.08. The summed E-state index contributed by atoms with van der Waals surface area (Å²) in [7, 11) is 0. The maximum Gasteiger partial charge on any atom is 0.231 e. The third-order valence-electron chi connectivity index (χ3n) is 4.27. The Labute approximate surface area is 161 Å². The van der Waals surface area contributed by atoms with E-state index in [0.717, 1.165) is 23.6 Å². The first-order valence-corrected chi connectivity index (χ1v) is 9.36. The van der Waals surface area contributed by atoms with E-state index >= 15 is 0 Å². The minimum Gasteiger partial charge on any atom is -0.454 e. The molecule has 2 aromatic carbocycles. The number of fused-ring (bicyclic) bond motifs is 1. The normalized spacial score (nSPS) is 14.6. The van der Waals surface area contributed by atoms with Gasteiger partial charge in [0.2, 0.25) is 6.79 Å². The molecule has 3 rings (SSSR count). The van der Waals surface area contributed by atoms with E-state index in [1.807, 2.05) is 57.2 Å². The number of aliphatic hydroxyl groups is 1. The Morgan fingerprint density at radius 2 is 1.70 bits per heavy atom. The maximum absolute atomic E-state index is 10.5. The Morgan fingerprint density at radius 3 is 2.44 bits per heavy atom. The molecule has 1 atom stereocenters. The SMILES string of the molecule is CC(C)(C)OC[C@@H](O)CN(Cc1ccccc1)Cc1ccc2c(c1)OCO2. The molecule has 0 aromatic heterocycles. The van der Waals surface area contributed by atoms with Crippen LogP contribution in [0.4, 0.5) is 0 Å². The van der Waals surface area contributed by atoms with Crippen molar-refractivity contribution in [3.8, 4) is 11.5 Å². The van der Waals surface area contributed by atoms with Gasteiger partial charge in [-0.05, 0) is 44.0 Å². The van der Waals surface area contributed by atoms with Crippen molar-refractivity contribution >= 4 is 0 Å². The molecule has 0 saturated carbocycles. The van der Waals surface area contributed by atoms with E-state index in [9.17, 15) is 5.11 Å². The molecule has 1 aliphatic heterocycles. The van der Waals surface area contributed by atoms with Crippen LogP contribution in [0.25, 0.3) is 0 Å². The lowest BCUT2D eigenvalue weighted by Gasteiger charge is -2.27. The van der Waals surface area contributed by atoms with Crippen molar-refractivity contribution in [2.24, 2.45) is 0 Å². The summed E-state index contributed by atoms with van der Waals surface area (Å²) in [6, 6.07) is 16.3. The molecule has 146 valence electrons. The van der Waals surface area contributed by atoms with Crippen LogP contribution >= 0.6 is 0 Å². The average molecular weight is 371 g/mol. The minimum absolute atomic E-state index is 0.261. The quantitative estimate of drug-likeness (QED) is 0.768. The smallest absolute Gasteiger partial charge is 0.231 e. The lowest BCUT2D eigenvalue weighted by molar-refractivity contribution is -0.0572. The van der Waals surface area contributed by atoms with Gasteiger partial charge in [0.15, 0.2) is 11.5 Å². The molecule has 0 saturated heterocycles. The molecular formula is C22H29NO4. The second kappa shape index (κ2) is 8.74. The fourth-order valence-electron chi connectivity index (χ4n) is 3.02. The molecule has 5 nitrogen and oxygen atoms in total. The van der Waals surface area contributed by atoms with Crippen LogP contribution in [0.5, 0.6) is 11.5 Å². The largest absolute Gasteiger partial charge is 0.454 e. The highest BCUT2D eigenvalue weighted by atomic mass is 16.7. The molecule has 5 heteroatoms. The summed E-state index contributed by atoms with van der Waals surface area (Å²) < 4.78 is 16.6. The number of rotatable bonds is 8. The van der Waals surface area contributed by atoms with Crippen LogP contribution in [0.1, 0.15) is 31.9 Å². The Balaban J connectivity index is 1.67. The Bertz CT molecular complexity index is 727. The van der Waals surface area contributed by atoms with Crippen molar-refractivity contribution in [3.63, 3.8) is 0 Å². The number of hydrogen-bond acceptors (Lipinski definition) is 5. The Morgan fingerprint density at radius 1 is 1.00 bits per heavy atom. The highest BCUT2D eigenvalue weighted by Gasteiger charge is 2.19. The van der Waals surface area contributed by atoms with E-state index in [2.05, 4.69) is 17.0 Å². The molecule has 2 aromatic rings. The summed E-state index contributed by atoms with van der Waals surface area (Å²) in [6.45, 7) is 8.56. The topological polar surface area (TPSA) is 51.2 Å². The van der Waals surface area contributed by atoms with E-state index in [-0.39, 0.29) is 12.4 Å². The lowest BCUT2D eigenvalue weighted by atomic mass is 10.1. The van der Waals surface area contributed by atoms with Crippen LogP contribution in [0.3, 0.4) is 0 Å². The van der Waals surface area contributed by atoms with Gasteiger partial charge in [0.1, 0.15) is 0 Å². The summed E-state index contributed by atoms with van der Waals surface area (Å²) in [5.41, 5.74) is 2.07. The van der Waals surface area contributed by atoms with Crippen LogP contribution in [-0.2, 0) is 17.8 Å². The predicted octanol–water partition coefficient (Wildman–Crippen LogP) is 3.59. The summed E-state index contributed by atoms with van der Waals surface area (Å²) in [5, 5.41) is 10.5. The van der Waals surface area contributed by atoms with E-state index in [4.69, 9.17) is 14.2 Å². The summed E-state index contributed by atoms with van der Waals surface area (Å²) in [6.07, 6.45) is -0.554. The molecule has 0 radical (unpaired) electrons. The summed E-state index contributed by atoms with van der Waals surface area (Å²) >= 11 is 0. The predicted molar refractivity (Wildman–Crippen MR) is 105 cm³/mol. The summed E-state index contributed by atoms with van der Waals surface area (Å²) in [4.78, 5) is 2.23. The minimum atomic E-state index is -0.554. The molecule has 27 heavy (non-hydrogen) atoms. The zero-order chi connectivity index (χ0) is 19.3. The van der Waals surface area contributed by atoms with Crippen molar-refractivity contribution in [1.29, 1.82) is 0 Å². The Hall–Kier alpha value is -2.08. The van der Waals surface area contributed by atoms with Gasteiger partial charge in [-0.15, -0.1) is 0 Å². The first-order chi connectivity index (χ1) is 12.9. The van der Waals surface area contributed by atoms with Gasteiger partial charge in [-0.25, -0.2) is 0 Å². The van der Waals surface area contributed by atoms with Crippen molar-refractivity contribution < 1.29 is 19.3 Å².